The maximum absolute atomic E-state index is 11.3. The zero-order valence-corrected chi connectivity index (χ0v) is 18.1. The Kier molecular flexibility index (Phi) is 6.26. The van der Waals surface area contributed by atoms with Crippen LogP contribution in [-0.4, -0.2) is 41.2 Å². The van der Waals surface area contributed by atoms with Gasteiger partial charge in [0.2, 0.25) is 0 Å². The fourth-order valence-electron chi connectivity index (χ4n) is 3.91. The molecule has 4 rings (SSSR count). The molecule has 1 aliphatic heterocycles. The number of halogens is 1. The molecule has 1 aromatic heterocycles. The van der Waals surface area contributed by atoms with E-state index in [9.17, 15) is 5.11 Å². The van der Waals surface area contributed by atoms with Crippen molar-refractivity contribution in [2.24, 2.45) is 5.92 Å². The maximum Gasteiger partial charge on any atom is 0.137 e. The standard InChI is InChI=1S/C22H29ClN2O2S/c1-16-20(9-14-27-19-6-3-2-5-18(19)23)28-21(24-16)22(26)10-4-12-25(13-11-22)15-17-7-8-17/h2-3,5-6,17,26H,4,7-15H2,1H3/t22-/m1/s1. The first-order valence-electron chi connectivity index (χ1n) is 10.3. The van der Waals surface area contributed by atoms with E-state index in [2.05, 4.69) is 4.90 Å². The largest absolute Gasteiger partial charge is 0.492 e. The highest BCUT2D eigenvalue weighted by Gasteiger charge is 2.36. The molecule has 0 radical (unpaired) electrons. The summed E-state index contributed by atoms with van der Waals surface area (Å²) >= 11 is 7.80. The fraction of sp³-hybridized carbons (Fsp3) is 0.591. The van der Waals surface area contributed by atoms with Crippen molar-refractivity contribution in [2.45, 2.75) is 51.0 Å². The van der Waals surface area contributed by atoms with Crippen molar-refractivity contribution in [2.75, 3.05) is 26.2 Å². The zero-order chi connectivity index (χ0) is 19.6. The highest BCUT2D eigenvalue weighted by atomic mass is 35.5. The lowest BCUT2D eigenvalue weighted by Gasteiger charge is -2.24. The van der Waals surface area contributed by atoms with Crippen molar-refractivity contribution >= 4 is 22.9 Å². The van der Waals surface area contributed by atoms with Gasteiger partial charge in [-0.15, -0.1) is 11.3 Å². The second-order valence-corrected chi connectivity index (χ2v) is 9.68. The molecule has 0 bridgehead atoms. The lowest BCUT2D eigenvalue weighted by Crippen LogP contribution is -2.30. The van der Waals surface area contributed by atoms with Gasteiger partial charge in [-0.2, -0.15) is 0 Å². The molecule has 1 saturated heterocycles. The Hall–Kier alpha value is -1.14. The Labute approximate surface area is 176 Å². The van der Waals surface area contributed by atoms with Crippen molar-refractivity contribution in [3.05, 3.63) is 44.9 Å². The average molecular weight is 421 g/mol. The van der Waals surface area contributed by atoms with Gasteiger partial charge >= 0.3 is 0 Å². The zero-order valence-electron chi connectivity index (χ0n) is 16.5. The van der Waals surface area contributed by atoms with Crippen LogP contribution in [0.2, 0.25) is 5.02 Å². The van der Waals surface area contributed by atoms with Crippen molar-refractivity contribution in [3.8, 4) is 5.75 Å². The van der Waals surface area contributed by atoms with Gasteiger partial charge in [-0.1, -0.05) is 23.7 Å². The smallest absolute Gasteiger partial charge is 0.137 e. The van der Waals surface area contributed by atoms with Crippen LogP contribution in [0.5, 0.6) is 5.75 Å². The van der Waals surface area contributed by atoms with Crippen LogP contribution < -0.4 is 4.74 Å². The Morgan fingerprint density at radius 2 is 2.11 bits per heavy atom. The van der Waals surface area contributed by atoms with Gasteiger partial charge in [0.1, 0.15) is 16.4 Å². The van der Waals surface area contributed by atoms with E-state index in [1.54, 1.807) is 11.3 Å². The first-order chi connectivity index (χ1) is 13.5. The molecule has 1 aromatic carbocycles. The van der Waals surface area contributed by atoms with Crippen LogP contribution in [0, 0.1) is 12.8 Å². The number of aromatic nitrogens is 1. The Balaban J connectivity index is 1.36. The molecule has 0 unspecified atom stereocenters. The van der Waals surface area contributed by atoms with E-state index in [4.69, 9.17) is 21.3 Å². The normalized spacial score (nSPS) is 23.5. The minimum Gasteiger partial charge on any atom is -0.492 e. The van der Waals surface area contributed by atoms with Gasteiger partial charge in [0.25, 0.3) is 0 Å². The van der Waals surface area contributed by atoms with Crippen LogP contribution in [0.1, 0.15) is 47.7 Å². The third-order valence-electron chi connectivity index (χ3n) is 5.83. The molecule has 2 aromatic rings. The maximum atomic E-state index is 11.3. The second kappa shape index (κ2) is 8.70. The van der Waals surface area contributed by atoms with Crippen LogP contribution >= 0.6 is 22.9 Å². The number of hydrogen-bond donors (Lipinski definition) is 1. The van der Waals surface area contributed by atoms with Gasteiger partial charge < -0.3 is 14.7 Å². The topological polar surface area (TPSA) is 45.6 Å². The number of rotatable bonds is 7. The first kappa shape index (κ1) is 20.1. The van der Waals surface area contributed by atoms with Gasteiger partial charge in [-0.25, -0.2) is 4.98 Å². The second-order valence-electron chi connectivity index (χ2n) is 8.19. The summed E-state index contributed by atoms with van der Waals surface area (Å²) in [6.07, 6.45) is 6.16. The third kappa shape index (κ3) is 4.88. The highest BCUT2D eigenvalue weighted by Crippen LogP contribution is 2.38. The van der Waals surface area contributed by atoms with Crippen LogP contribution in [0.4, 0.5) is 0 Å². The van der Waals surface area contributed by atoms with Crippen molar-refractivity contribution in [3.63, 3.8) is 0 Å². The Bertz CT molecular complexity index is 808. The highest BCUT2D eigenvalue weighted by molar-refractivity contribution is 7.11. The number of aryl methyl sites for hydroxylation is 1. The molecule has 1 aliphatic carbocycles. The molecular formula is C22H29ClN2O2S. The summed E-state index contributed by atoms with van der Waals surface area (Å²) in [5, 5.41) is 12.9. The van der Waals surface area contributed by atoms with E-state index in [0.717, 1.165) is 55.4 Å². The molecule has 2 heterocycles. The molecule has 1 saturated carbocycles. The molecule has 4 nitrogen and oxygen atoms in total. The van der Waals surface area contributed by atoms with E-state index >= 15 is 0 Å². The SMILES string of the molecule is Cc1nc([C@@]2(O)CCCN(CC3CC3)CC2)sc1CCOc1ccccc1Cl. The predicted molar refractivity (Wildman–Crippen MR) is 114 cm³/mol. The minimum atomic E-state index is -0.782. The van der Waals surface area contributed by atoms with E-state index in [1.807, 2.05) is 31.2 Å². The quantitative estimate of drug-likeness (QED) is 0.698. The molecule has 6 heteroatoms. The number of thiazole rings is 1. The lowest BCUT2D eigenvalue weighted by atomic mass is 9.96. The van der Waals surface area contributed by atoms with Crippen molar-refractivity contribution in [1.82, 2.24) is 9.88 Å². The monoisotopic (exact) mass is 420 g/mol. The molecule has 152 valence electrons. The molecule has 28 heavy (non-hydrogen) atoms. The molecule has 0 spiro atoms. The summed E-state index contributed by atoms with van der Waals surface area (Å²) in [5.41, 5.74) is 0.227. The number of nitrogens with zero attached hydrogens (tertiary/aromatic N) is 2. The number of likely N-dealkylation sites (tertiary alicyclic amines) is 1. The number of ether oxygens (including phenoxy) is 1. The van der Waals surface area contributed by atoms with Crippen LogP contribution in [0.25, 0.3) is 0 Å². The Morgan fingerprint density at radius 1 is 1.29 bits per heavy atom. The summed E-state index contributed by atoms with van der Waals surface area (Å²) in [7, 11) is 0. The Morgan fingerprint density at radius 3 is 2.89 bits per heavy atom. The molecule has 2 fully saturated rings. The summed E-state index contributed by atoms with van der Waals surface area (Å²) in [5.74, 6) is 1.61. The number of benzene rings is 1. The molecule has 1 N–H and O–H groups in total. The molecule has 2 aliphatic rings. The van der Waals surface area contributed by atoms with E-state index < -0.39 is 5.60 Å². The number of hydrogen-bond acceptors (Lipinski definition) is 5. The first-order valence-corrected chi connectivity index (χ1v) is 11.5. The predicted octanol–water partition coefficient (Wildman–Crippen LogP) is 4.81. The van der Waals surface area contributed by atoms with E-state index in [1.165, 1.54) is 24.3 Å². The van der Waals surface area contributed by atoms with Gasteiger partial charge in [-0.3, -0.25) is 0 Å². The van der Waals surface area contributed by atoms with Crippen molar-refractivity contribution in [1.29, 1.82) is 0 Å². The summed E-state index contributed by atoms with van der Waals surface area (Å²) in [4.78, 5) is 8.48. The van der Waals surface area contributed by atoms with Gasteiger partial charge in [0.15, 0.2) is 0 Å². The van der Waals surface area contributed by atoms with Crippen molar-refractivity contribution < 1.29 is 9.84 Å². The number of aliphatic hydroxyl groups is 1. The number of para-hydroxylation sites is 1. The molecular weight excluding hydrogens is 392 g/mol. The van der Waals surface area contributed by atoms with Crippen LogP contribution in [0.15, 0.2) is 24.3 Å². The van der Waals surface area contributed by atoms with E-state index in [-0.39, 0.29) is 0 Å². The summed E-state index contributed by atoms with van der Waals surface area (Å²) < 4.78 is 5.83. The summed E-state index contributed by atoms with van der Waals surface area (Å²) in [6, 6.07) is 7.54. The molecule has 0 amide bonds. The third-order valence-corrected chi connectivity index (χ3v) is 7.56. The molecule has 1 atom stereocenters. The average Bonchev–Trinajstić information content (AvgIpc) is 3.44. The van der Waals surface area contributed by atoms with Gasteiger partial charge in [0.05, 0.1) is 17.3 Å². The van der Waals surface area contributed by atoms with Gasteiger partial charge in [0, 0.05) is 24.4 Å². The van der Waals surface area contributed by atoms with Crippen LogP contribution in [-0.2, 0) is 12.0 Å². The summed E-state index contributed by atoms with van der Waals surface area (Å²) in [6.45, 7) is 5.86. The van der Waals surface area contributed by atoms with Crippen LogP contribution in [0.3, 0.4) is 0 Å². The van der Waals surface area contributed by atoms with Gasteiger partial charge in [-0.05, 0) is 63.6 Å². The minimum absolute atomic E-state index is 0.555. The fourth-order valence-corrected chi connectivity index (χ4v) is 5.29. The lowest BCUT2D eigenvalue weighted by molar-refractivity contribution is 0.0208. The van der Waals surface area contributed by atoms with E-state index in [0.29, 0.717) is 17.4 Å².